The fourth-order valence-corrected chi connectivity index (χ4v) is 3.72. The highest BCUT2D eigenvalue weighted by Gasteiger charge is 2.29. The van der Waals surface area contributed by atoms with E-state index in [0.29, 0.717) is 11.2 Å². The monoisotopic (exact) mass is 249 g/mol. The number of hydrogen-bond donors (Lipinski definition) is 0. The van der Waals surface area contributed by atoms with Gasteiger partial charge in [0, 0.05) is 10.1 Å². The van der Waals surface area contributed by atoms with Crippen LogP contribution in [0.5, 0.6) is 0 Å². The highest BCUT2D eigenvalue weighted by Crippen LogP contribution is 2.39. The molecule has 3 atom stereocenters. The van der Waals surface area contributed by atoms with E-state index in [1.165, 1.54) is 12.1 Å². The Balaban J connectivity index is 2.05. The zero-order valence-corrected chi connectivity index (χ0v) is 10.7. The highest BCUT2D eigenvalue weighted by molar-refractivity contribution is 8.00. The number of nitriles is 1. The predicted octanol–water partition coefficient (Wildman–Crippen LogP) is 4.25. The van der Waals surface area contributed by atoms with E-state index < -0.39 is 0 Å². The summed E-state index contributed by atoms with van der Waals surface area (Å²) < 4.78 is 12.8. The Morgan fingerprint density at radius 2 is 2.00 bits per heavy atom. The van der Waals surface area contributed by atoms with E-state index in [4.69, 9.17) is 5.26 Å². The zero-order valence-electron chi connectivity index (χ0n) is 9.90. The van der Waals surface area contributed by atoms with Crippen LogP contribution in [0.4, 0.5) is 4.39 Å². The van der Waals surface area contributed by atoms with Gasteiger partial charge in [-0.3, -0.25) is 0 Å². The summed E-state index contributed by atoms with van der Waals surface area (Å²) in [5.41, 5.74) is 0. The molecule has 3 unspecified atom stereocenters. The summed E-state index contributed by atoms with van der Waals surface area (Å²) in [4.78, 5) is 1.06. The van der Waals surface area contributed by atoms with Crippen molar-refractivity contribution in [3.8, 4) is 6.07 Å². The summed E-state index contributed by atoms with van der Waals surface area (Å²) in [6.07, 6.45) is 3.23. The van der Waals surface area contributed by atoms with Crippen LogP contribution >= 0.6 is 11.8 Å². The van der Waals surface area contributed by atoms with Crippen LogP contribution in [-0.4, -0.2) is 5.25 Å². The smallest absolute Gasteiger partial charge is 0.123 e. The summed E-state index contributed by atoms with van der Waals surface area (Å²) in [6, 6.07) is 8.97. The van der Waals surface area contributed by atoms with Gasteiger partial charge in [-0.2, -0.15) is 5.26 Å². The minimum absolute atomic E-state index is 0.140. The van der Waals surface area contributed by atoms with Gasteiger partial charge in [0.05, 0.1) is 12.0 Å². The lowest BCUT2D eigenvalue weighted by Gasteiger charge is -2.30. The Bertz CT molecular complexity index is 409. The Kier molecular flexibility index (Phi) is 4.06. The van der Waals surface area contributed by atoms with Crippen molar-refractivity contribution in [2.75, 3.05) is 0 Å². The van der Waals surface area contributed by atoms with Crippen molar-refractivity contribution >= 4 is 11.8 Å². The van der Waals surface area contributed by atoms with Gasteiger partial charge in [0.1, 0.15) is 5.82 Å². The van der Waals surface area contributed by atoms with Crippen molar-refractivity contribution in [2.24, 2.45) is 11.8 Å². The van der Waals surface area contributed by atoms with Crippen molar-refractivity contribution in [3.63, 3.8) is 0 Å². The molecule has 1 fully saturated rings. The molecule has 0 heterocycles. The number of thioether (sulfide) groups is 1. The van der Waals surface area contributed by atoms with Gasteiger partial charge in [-0.05, 0) is 49.4 Å². The maximum atomic E-state index is 12.8. The Labute approximate surface area is 106 Å². The summed E-state index contributed by atoms with van der Waals surface area (Å²) in [7, 11) is 0. The minimum Gasteiger partial charge on any atom is -0.207 e. The number of hydrogen-bond acceptors (Lipinski definition) is 2. The van der Waals surface area contributed by atoms with Crippen molar-refractivity contribution in [1.82, 2.24) is 0 Å². The van der Waals surface area contributed by atoms with Crippen molar-refractivity contribution in [1.29, 1.82) is 5.26 Å². The molecule has 1 nitrogen and oxygen atoms in total. The van der Waals surface area contributed by atoms with Crippen LogP contribution < -0.4 is 0 Å². The van der Waals surface area contributed by atoms with E-state index in [2.05, 4.69) is 13.0 Å². The average Bonchev–Trinajstić information content (AvgIpc) is 2.32. The molecule has 90 valence electrons. The summed E-state index contributed by atoms with van der Waals surface area (Å²) in [6.45, 7) is 2.24. The maximum Gasteiger partial charge on any atom is 0.123 e. The average molecular weight is 249 g/mol. The van der Waals surface area contributed by atoms with Gasteiger partial charge in [0.2, 0.25) is 0 Å². The van der Waals surface area contributed by atoms with Crippen LogP contribution in [0.25, 0.3) is 0 Å². The minimum atomic E-state index is -0.205. The van der Waals surface area contributed by atoms with Crippen LogP contribution in [0.15, 0.2) is 29.2 Å². The molecule has 0 saturated heterocycles. The Hall–Kier alpha value is -1.01. The summed E-state index contributed by atoms with van der Waals surface area (Å²) >= 11 is 1.72. The molecular formula is C14H16FNS. The van der Waals surface area contributed by atoms with E-state index in [1.54, 1.807) is 23.9 Å². The second-order valence-electron chi connectivity index (χ2n) is 4.76. The first-order valence-corrected chi connectivity index (χ1v) is 6.89. The Morgan fingerprint density at radius 1 is 1.29 bits per heavy atom. The lowest BCUT2D eigenvalue weighted by atomic mass is 9.83. The molecular weight excluding hydrogens is 233 g/mol. The SMILES string of the molecule is CC1CCC(C#N)C(Sc2ccc(F)cc2)C1. The molecule has 17 heavy (non-hydrogen) atoms. The molecule has 1 aliphatic rings. The van der Waals surface area contributed by atoms with Crippen LogP contribution in [0.2, 0.25) is 0 Å². The van der Waals surface area contributed by atoms with Crippen LogP contribution in [-0.2, 0) is 0 Å². The third-order valence-electron chi connectivity index (χ3n) is 3.32. The van der Waals surface area contributed by atoms with Crippen LogP contribution in [0, 0.1) is 29.0 Å². The maximum absolute atomic E-state index is 12.8. The molecule has 1 saturated carbocycles. The summed E-state index contributed by atoms with van der Waals surface area (Å²) in [5.74, 6) is 0.627. The number of rotatable bonds is 2. The first kappa shape index (κ1) is 12.4. The molecule has 3 heteroatoms. The fourth-order valence-electron chi connectivity index (χ4n) is 2.29. The first-order valence-electron chi connectivity index (χ1n) is 6.01. The predicted molar refractivity (Wildman–Crippen MR) is 68.2 cm³/mol. The second kappa shape index (κ2) is 5.55. The molecule has 1 aromatic rings. The molecule has 1 aromatic carbocycles. The number of nitrogens with zero attached hydrogens (tertiary/aromatic N) is 1. The van der Waals surface area contributed by atoms with Gasteiger partial charge in [-0.1, -0.05) is 6.92 Å². The molecule has 0 spiro atoms. The second-order valence-corrected chi connectivity index (χ2v) is 6.08. The van der Waals surface area contributed by atoms with Gasteiger partial charge < -0.3 is 0 Å². The van der Waals surface area contributed by atoms with Crippen LogP contribution in [0.1, 0.15) is 26.2 Å². The molecule has 0 amide bonds. The van der Waals surface area contributed by atoms with Gasteiger partial charge in [-0.15, -0.1) is 11.8 Å². The van der Waals surface area contributed by atoms with Gasteiger partial charge >= 0.3 is 0 Å². The largest absolute Gasteiger partial charge is 0.207 e. The first-order chi connectivity index (χ1) is 8.19. The molecule has 2 rings (SSSR count). The molecule has 0 N–H and O–H groups in total. The standard InChI is InChI=1S/C14H16FNS/c1-10-2-3-11(9-16)14(8-10)17-13-6-4-12(15)5-7-13/h4-7,10-11,14H,2-3,8H2,1H3. The molecule has 0 aromatic heterocycles. The van der Waals surface area contributed by atoms with Gasteiger partial charge in [0.25, 0.3) is 0 Å². The molecule has 0 aliphatic heterocycles. The number of halogens is 1. The van der Waals surface area contributed by atoms with E-state index in [-0.39, 0.29) is 11.7 Å². The van der Waals surface area contributed by atoms with E-state index in [9.17, 15) is 4.39 Å². The molecule has 1 aliphatic carbocycles. The highest BCUT2D eigenvalue weighted by atomic mass is 32.2. The lowest BCUT2D eigenvalue weighted by Crippen LogP contribution is -2.24. The van der Waals surface area contributed by atoms with Gasteiger partial charge in [0.15, 0.2) is 0 Å². The van der Waals surface area contributed by atoms with Gasteiger partial charge in [-0.25, -0.2) is 4.39 Å². The fraction of sp³-hybridized carbons (Fsp3) is 0.500. The quantitative estimate of drug-likeness (QED) is 0.782. The van der Waals surface area contributed by atoms with Crippen molar-refractivity contribution < 1.29 is 4.39 Å². The zero-order chi connectivity index (χ0) is 12.3. The molecule has 0 radical (unpaired) electrons. The van der Waals surface area contributed by atoms with Crippen LogP contribution in [0.3, 0.4) is 0 Å². The topological polar surface area (TPSA) is 23.8 Å². The van der Waals surface area contributed by atoms with E-state index in [0.717, 1.165) is 24.2 Å². The third-order valence-corrected chi connectivity index (χ3v) is 4.69. The molecule has 0 bridgehead atoms. The lowest BCUT2D eigenvalue weighted by molar-refractivity contribution is 0.346. The Morgan fingerprint density at radius 3 is 2.65 bits per heavy atom. The van der Waals surface area contributed by atoms with E-state index >= 15 is 0 Å². The van der Waals surface area contributed by atoms with Crippen molar-refractivity contribution in [2.45, 2.75) is 36.3 Å². The summed E-state index contributed by atoms with van der Waals surface area (Å²) in [5, 5.41) is 9.50. The number of benzene rings is 1. The van der Waals surface area contributed by atoms with E-state index in [1.807, 2.05) is 0 Å². The third kappa shape index (κ3) is 3.23. The van der Waals surface area contributed by atoms with Crippen molar-refractivity contribution in [3.05, 3.63) is 30.1 Å². The normalized spacial score (nSPS) is 28.6.